The lowest BCUT2D eigenvalue weighted by Gasteiger charge is -2.10. The molecule has 22 heavy (non-hydrogen) atoms. The summed E-state index contributed by atoms with van der Waals surface area (Å²) < 4.78 is 1.97. The summed E-state index contributed by atoms with van der Waals surface area (Å²) >= 11 is 0. The van der Waals surface area contributed by atoms with Gasteiger partial charge in [-0.15, -0.1) is 0 Å². The van der Waals surface area contributed by atoms with Gasteiger partial charge in [0.2, 0.25) is 5.91 Å². The highest BCUT2D eigenvalue weighted by Gasteiger charge is 2.08. The molecule has 0 aliphatic rings. The van der Waals surface area contributed by atoms with Crippen molar-refractivity contribution >= 4 is 17.2 Å². The summed E-state index contributed by atoms with van der Waals surface area (Å²) in [6, 6.07) is 12.1. The van der Waals surface area contributed by atoms with Gasteiger partial charge < -0.3 is 9.72 Å². The molecule has 0 bridgehead atoms. The number of nitrogens with zero attached hydrogens (tertiary/aromatic N) is 2. The minimum Gasteiger partial charge on any atom is -0.325 e. The summed E-state index contributed by atoms with van der Waals surface area (Å²) in [6.07, 6.45) is 4.88. The molecule has 0 atom stereocenters. The maximum atomic E-state index is 12.1. The summed E-state index contributed by atoms with van der Waals surface area (Å²) in [5.41, 5.74) is 5.12. The molecule has 4 heteroatoms. The average molecular weight is 293 g/mol. The molecule has 2 aromatic heterocycles. The van der Waals surface area contributed by atoms with Gasteiger partial charge in [-0.25, -0.2) is 4.98 Å². The van der Waals surface area contributed by atoms with Crippen LogP contribution in [0.2, 0.25) is 0 Å². The first kappa shape index (κ1) is 14.3. The molecule has 1 amide bonds. The molecule has 1 aromatic carbocycles. The molecule has 2 heterocycles. The Kier molecular flexibility index (Phi) is 3.92. The van der Waals surface area contributed by atoms with Crippen LogP contribution in [0.3, 0.4) is 0 Å². The van der Waals surface area contributed by atoms with Gasteiger partial charge in [0.05, 0.1) is 5.69 Å². The van der Waals surface area contributed by atoms with Crippen LogP contribution in [0.5, 0.6) is 0 Å². The Morgan fingerprint density at radius 2 is 1.91 bits per heavy atom. The van der Waals surface area contributed by atoms with Crippen LogP contribution in [0.15, 0.2) is 48.8 Å². The molecule has 0 aliphatic carbocycles. The van der Waals surface area contributed by atoms with Crippen molar-refractivity contribution < 1.29 is 4.79 Å². The van der Waals surface area contributed by atoms with E-state index in [-0.39, 0.29) is 5.91 Å². The van der Waals surface area contributed by atoms with Crippen LogP contribution in [0, 0.1) is 13.8 Å². The SMILES string of the molecule is Cc1ccc(CCC(=O)Nc2ccc3nccn3c2C)cc1. The minimum absolute atomic E-state index is 0.0307. The lowest BCUT2D eigenvalue weighted by atomic mass is 10.1. The number of benzene rings is 1. The number of nitrogens with one attached hydrogen (secondary N) is 1. The van der Waals surface area contributed by atoms with Crippen molar-refractivity contribution in [3.8, 4) is 0 Å². The first-order valence-electron chi connectivity index (χ1n) is 7.41. The summed E-state index contributed by atoms with van der Waals surface area (Å²) in [5, 5.41) is 2.99. The zero-order valence-electron chi connectivity index (χ0n) is 12.8. The fourth-order valence-electron chi connectivity index (χ4n) is 2.49. The van der Waals surface area contributed by atoms with E-state index in [0.717, 1.165) is 23.4 Å². The summed E-state index contributed by atoms with van der Waals surface area (Å²) in [5.74, 6) is 0.0307. The van der Waals surface area contributed by atoms with E-state index in [1.807, 2.05) is 29.7 Å². The number of carbonyl (C=O) groups excluding carboxylic acids is 1. The van der Waals surface area contributed by atoms with Gasteiger partial charge in [-0.05, 0) is 38.0 Å². The number of hydrogen-bond donors (Lipinski definition) is 1. The zero-order chi connectivity index (χ0) is 15.5. The van der Waals surface area contributed by atoms with Crippen LogP contribution in [0.4, 0.5) is 5.69 Å². The van der Waals surface area contributed by atoms with E-state index < -0.39 is 0 Å². The topological polar surface area (TPSA) is 46.4 Å². The Morgan fingerprint density at radius 1 is 1.14 bits per heavy atom. The zero-order valence-corrected chi connectivity index (χ0v) is 12.8. The molecule has 1 N–H and O–H groups in total. The molecule has 0 aliphatic heterocycles. The highest BCUT2D eigenvalue weighted by molar-refractivity contribution is 5.91. The van der Waals surface area contributed by atoms with Gasteiger partial charge in [0.15, 0.2) is 0 Å². The smallest absolute Gasteiger partial charge is 0.224 e. The largest absolute Gasteiger partial charge is 0.325 e. The van der Waals surface area contributed by atoms with Gasteiger partial charge in [-0.2, -0.15) is 0 Å². The van der Waals surface area contributed by atoms with Crippen molar-refractivity contribution in [1.29, 1.82) is 0 Å². The van der Waals surface area contributed by atoms with E-state index in [0.29, 0.717) is 6.42 Å². The molecule has 0 saturated heterocycles. The average Bonchev–Trinajstić information content (AvgIpc) is 2.99. The Bertz CT molecular complexity index is 803. The minimum atomic E-state index is 0.0307. The number of hydrogen-bond acceptors (Lipinski definition) is 2. The lowest BCUT2D eigenvalue weighted by molar-refractivity contribution is -0.116. The number of rotatable bonds is 4. The molecular formula is C18H19N3O. The second kappa shape index (κ2) is 6.02. The first-order valence-corrected chi connectivity index (χ1v) is 7.41. The monoisotopic (exact) mass is 293 g/mol. The third kappa shape index (κ3) is 3.01. The van der Waals surface area contributed by atoms with Crippen LogP contribution in [0.25, 0.3) is 5.65 Å². The van der Waals surface area contributed by atoms with Gasteiger partial charge >= 0.3 is 0 Å². The van der Waals surface area contributed by atoms with Crippen molar-refractivity contribution in [2.24, 2.45) is 0 Å². The molecule has 0 radical (unpaired) electrons. The Labute approximate surface area is 129 Å². The van der Waals surface area contributed by atoms with Crippen LogP contribution in [-0.2, 0) is 11.2 Å². The second-order valence-electron chi connectivity index (χ2n) is 5.52. The summed E-state index contributed by atoms with van der Waals surface area (Å²) in [7, 11) is 0. The quantitative estimate of drug-likeness (QED) is 0.800. The lowest BCUT2D eigenvalue weighted by Crippen LogP contribution is -2.14. The number of aromatic nitrogens is 2. The van der Waals surface area contributed by atoms with E-state index in [1.54, 1.807) is 6.20 Å². The van der Waals surface area contributed by atoms with Crippen molar-refractivity contribution in [3.05, 3.63) is 65.6 Å². The van der Waals surface area contributed by atoms with E-state index in [2.05, 4.69) is 41.5 Å². The standard InChI is InChI=1S/C18H19N3O/c1-13-3-5-15(6-4-13)7-10-18(22)20-16-8-9-17-19-11-12-21(17)14(16)2/h3-6,8-9,11-12H,7,10H2,1-2H3,(H,20,22). The number of pyridine rings is 1. The van der Waals surface area contributed by atoms with Crippen LogP contribution in [0.1, 0.15) is 23.2 Å². The van der Waals surface area contributed by atoms with Crippen molar-refractivity contribution in [1.82, 2.24) is 9.38 Å². The normalized spacial score (nSPS) is 10.8. The number of imidazole rings is 1. The summed E-state index contributed by atoms with van der Waals surface area (Å²) in [6.45, 7) is 4.04. The van der Waals surface area contributed by atoms with E-state index in [9.17, 15) is 4.79 Å². The predicted molar refractivity (Wildman–Crippen MR) is 88.1 cm³/mol. The molecule has 0 unspecified atom stereocenters. The molecular weight excluding hydrogens is 274 g/mol. The van der Waals surface area contributed by atoms with Crippen molar-refractivity contribution in [2.75, 3.05) is 5.32 Å². The maximum Gasteiger partial charge on any atom is 0.224 e. The third-order valence-corrected chi connectivity index (χ3v) is 3.86. The second-order valence-corrected chi connectivity index (χ2v) is 5.52. The van der Waals surface area contributed by atoms with Gasteiger partial charge in [0.25, 0.3) is 0 Å². The molecule has 0 fully saturated rings. The highest BCUT2D eigenvalue weighted by Crippen LogP contribution is 2.17. The van der Waals surface area contributed by atoms with Gasteiger partial charge in [-0.1, -0.05) is 29.8 Å². The number of amides is 1. The first-order chi connectivity index (χ1) is 10.6. The fourth-order valence-corrected chi connectivity index (χ4v) is 2.49. The molecule has 3 rings (SSSR count). The van der Waals surface area contributed by atoms with Crippen LogP contribution >= 0.6 is 0 Å². The van der Waals surface area contributed by atoms with Gasteiger partial charge in [-0.3, -0.25) is 4.79 Å². The van der Waals surface area contributed by atoms with Crippen LogP contribution in [-0.4, -0.2) is 15.3 Å². The van der Waals surface area contributed by atoms with Crippen molar-refractivity contribution in [2.45, 2.75) is 26.7 Å². The predicted octanol–water partition coefficient (Wildman–Crippen LogP) is 3.52. The Balaban J connectivity index is 1.65. The molecule has 112 valence electrons. The Hall–Kier alpha value is -2.62. The third-order valence-electron chi connectivity index (χ3n) is 3.86. The summed E-state index contributed by atoms with van der Waals surface area (Å²) in [4.78, 5) is 16.4. The number of fused-ring (bicyclic) bond motifs is 1. The highest BCUT2D eigenvalue weighted by atomic mass is 16.1. The fraction of sp³-hybridized carbons (Fsp3) is 0.222. The Morgan fingerprint density at radius 3 is 2.68 bits per heavy atom. The number of aryl methyl sites for hydroxylation is 3. The van der Waals surface area contributed by atoms with E-state index in [1.165, 1.54) is 11.1 Å². The number of anilines is 1. The number of carbonyl (C=O) groups is 1. The molecule has 4 nitrogen and oxygen atoms in total. The van der Waals surface area contributed by atoms with Gasteiger partial charge in [0, 0.05) is 24.5 Å². The van der Waals surface area contributed by atoms with Crippen LogP contribution < -0.4 is 5.32 Å². The van der Waals surface area contributed by atoms with Crippen molar-refractivity contribution in [3.63, 3.8) is 0 Å². The molecule has 0 spiro atoms. The van der Waals surface area contributed by atoms with Gasteiger partial charge in [0.1, 0.15) is 5.65 Å². The van der Waals surface area contributed by atoms with E-state index >= 15 is 0 Å². The van der Waals surface area contributed by atoms with E-state index in [4.69, 9.17) is 0 Å². The maximum absolute atomic E-state index is 12.1. The molecule has 3 aromatic rings. The molecule has 0 saturated carbocycles.